The zero-order chi connectivity index (χ0) is 21.1. The van der Waals surface area contributed by atoms with Crippen molar-refractivity contribution in [3.8, 4) is 5.75 Å². The monoisotopic (exact) mass is 420 g/mol. The first-order valence-electron chi connectivity index (χ1n) is 9.04. The Morgan fingerprint density at radius 2 is 2.10 bits per heavy atom. The first-order valence-corrected chi connectivity index (χ1v) is 9.45. The number of phenols is 1. The van der Waals surface area contributed by atoms with Crippen LogP contribution in [0.4, 0.5) is 0 Å². The fraction of sp³-hybridized carbons (Fsp3) is 0.444. The molecule has 1 aromatic rings. The normalized spacial score (nSPS) is 15.9. The van der Waals surface area contributed by atoms with Crippen molar-refractivity contribution in [2.45, 2.75) is 13.0 Å². The summed E-state index contributed by atoms with van der Waals surface area (Å²) in [5, 5.41) is 22.4. The molecule has 1 heterocycles. The Kier molecular flexibility index (Phi) is 9.19. The Hall–Kier alpha value is -2.85. The third-order valence-electron chi connectivity index (χ3n) is 4.02. The highest BCUT2D eigenvalue weighted by molar-refractivity contribution is 7.80. The summed E-state index contributed by atoms with van der Waals surface area (Å²) in [6, 6.07) is 6.22. The van der Waals surface area contributed by atoms with Crippen molar-refractivity contribution in [3.63, 3.8) is 0 Å². The van der Waals surface area contributed by atoms with Gasteiger partial charge in [-0.2, -0.15) is 0 Å². The number of hydrogen-bond acceptors (Lipinski definition) is 6. The number of azide groups is 1. The van der Waals surface area contributed by atoms with Gasteiger partial charge in [-0.05, 0) is 42.4 Å². The molecule has 1 aromatic carbocycles. The average Bonchev–Trinajstić information content (AvgIpc) is 2.68. The van der Waals surface area contributed by atoms with Gasteiger partial charge in [0.15, 0.2) is 5.11 Å². The van der Waals surface area contributed by atoms with E-state index in [1.807, 2.05) is 6.07 Å². The molecule has 2 rings (SSSR count). The van der Waals surface area contributed by atoms with E-state index >= 15 is 0 Å². The van der Waals surface area contributed by atoms with Gasteiger partial charge in [0.25, 0.3) is 5.91 Å². The van der Waals surface area contributed by atoms with Crippen molar-refractivity contribution in [2.24, 2.45) is 5.11 Å². The van der Waals surface area contributed by atoms with Gasteiger partial charge in [-0.15, -0.1) is 0 Å². The standard InChI is InChI=1S/C18H24N6O4S/c1-12-15(16(23-18(29)22-12)13-3-2-4-14(25)11-13)17(26)20-5-7-27-9-10-28-8-6-21-24-19/h2-4,11,16,25H,5-10H2,1H3,(H,20,26)(H2,22,23,29). The average molecular weight is 420 g/mol. The Balaban J connectivity index is 1.83. The second-order valence-corrected chi connectivity index (χ2v) is 6.51. The highest BCUT2D eigenvalue weighted by Crippen LogP contribution is 2.28. The van der Waals surface area contributed by atoms with E-state index < -0.39 is 6.04 Å². The van der Waals surface area contributed by atoms with Crippen molar-refractivity contribution in [2.75, 3.05) is 39.5 Å². The minimum absolute atomic E-state index is 0.112. The van der Waals surface area contributed by atoms with E-state index in [4.69, 9.17) is 27.2 Å². The predicted octanol–water partition coefficient (Wildman–Crippen LogP) is 1.64. The van der Waals surface area contributed by atoms with Crippen LogP contribution in [0.1, 0.15) is 18.5 Å². The fourth-order valence-electron chi connectivity index (χ4n) is 2.75. The summed E-state index contributed by atoms with van der Waals surface area (Å²) in [6.45, 7) is 3.81. The Bertz CT molecular complexity index is 809. The van der Waals surface area contributed by atoms with E-state index in [-0.39, 0.29) is 18.2 Å². The molecule has 4 N–H and O–H groups in total. The highest BCUT2D eigenvalue weighted by Gasteiger charge is 2.29. The maximum absolute atomic E-state index is 12.7. The van der Waals surface area contributed by atoms with Gasteiger partial charge < -0.3 is 30.5 Å². The largest absolute Gasteiger partial charge is 0.508 e. The van der Waals surface area contributed by atoms with Gasteiger partial charge in [0, 0.05) is 23.7 Å². The minimum Gasteiger partial charge on any atom is -0.508 e. The van der Waals surface area contributed by atoms with E-state index in [1.165, 1.54) is 0 Å². The summed E-state index contributed by atoms with van der Waals surface area (Å²) < 4.78 is 10.6. The lowest BCUT2D eigenvalue weighted by Crippen LogP contribution is -2.47. The molecule has 0 bridgehead atoms. The number of hydrogen-bond donors (Lipinski definition) is 4. The van der Waals surface area contributed by atoms with Gasteiger partial charge in [0.1, 0.15) is 5.75 Å². The van der Waals surface area contributed by atoms with Gasteiger partial charge in [0.2, 0.25) is 0 Å². The van der Waals surface area contributed by atoms with Crippen LogP contribution in [0.3, 0.4) is 0 Å². The number of carbonyl (C=O) groups excluding carboxylic acids is 1. The zero-order valence-corrected chi connectivity index (χ0v) is 16.9. The number of nitrogens with one attached hydrogen (secondary N) is 3. The maximum atomic E-state index is 12.7. The number of allylic oxidation sites excluding steroid dienone is 1. The molecule has 10 nitrogen and oxygen atoms in total. The summed E-state index contributed by atoms with van der Waals surface area (Å²) in [4.78, 5) is 15.4. The number of phenolic OH excluding ortho intramolecular Hbond substituents is 1. The Morgan fingerprint density at radius 1 is 1.34 bits per heavy atom. The van der Waals surface area contributed by atoms with Crippen molar-refractivity contribution in [1.29, 1.82) is 0 Å². The van der Waals surface area contributed by atoms with Crippen molar-refractivity contribution >= 4 is 23.2 Å². The Morgan fingerprint density at radius 3 is 2.83 bits per heavy atom. The van der Waals surface area contributed by atoms with Crippen molar-refractivity contribution in [1.82, 2.24) is 16.0 Å². The van der Waals surface area contributed by atoms with Crippen LogP contribution in [-0.2, 0) is 14.3 Å². The van der Waals surface area contributed by atoms with Crippen LogP contribution >= 0.6 is 12.2 Å². The number of ether oxygens (including phenoxy) is 2. The lowest BCUT2D eigenvalue weighted by atomic mass is 9.95. The molecule has 0 aliphatic carbocycles. The zero-order valence-electron chi connectivity index (χ0n) is 16.1. The summed E-state index contributed by atoms with van der Waals surface area (Å²) in [5.41, 5.74) is 10.0. The van der Waals surface area contributed by atoms with Crippen LogP contribution in [0, 0.1) is 0 Å². The van der Waals surface area contributed by atoms with E-state index in [2.05, 4.69) is 26.0 Å². The summed E-state index contributed by atoms with van der Waals surface area (Å²) in [7, 11) is 0. The van der Waals surface area contributed by atoms with Gasteiger partial charge in [-0.25, -0.2) is 0 Å². The molecule has 1 amide bonds. The Labute approximate surface area is 173 Å². The van der Waals surface area contributed by atoms with Gasteiger partial charge in [-0.3, -0.25) is 4.79 Å². The number of benzene rings is 1. The van der Waals surface area contributed by atoms with E-state index in [0.717, 1.165) is 5.56 Å². The van der Waals surface area contributed by atoms with E-state index in [0.29, 0.717) is 49.4 Å². The first-order chi connectivity index (χ1) is 14.0. The van der Waals surface area contributed by atoms with Crippen LogP contribution in [0.5, 0.6) is 5.75 Å². The molecule has 0 fully saturated rings. The van der Waals surface area contributed by atoms with Crippen LogP contribution in [0.25, 0.3) is 10.4 Å². The van der Waals surface area contributed by atoms with Gasteiger partial charge in [-0.1, -0.05) is 17.2 Å². The molecule has 0 radical (unpaired) electrons. The molecule has 1 atom stereocenters. The van der Waals surface area contributed by atoms with E-state index in [1.54, 1.807) is 25.1 Å². The maximum Gasteiger partial charge on any atom is 0.251 e. The van der Waals surface area contributed by atoms with Crippen LogP contribution < -0.4 is 16.0 Å². The minimum atomic E-state index is -0.471. The molecular weight excluding hydrogens is 396 g/mol. The quantitative estimate of drug-likeness (QED) is 0.140. The first kappa shape index (κ1) is 22.4. The second kappa shape index (κ2) is 11.9. The number of thiocarbonyl (C=S) groups is 1. The third-order valence-corrected chi connectivity index (χ3v) is 4.24. The van der Waals surface area contributed by atoms with Crippen molar-refractivity contribution < 1.29 is 19.4 Å². The summed E-state index contributed by atoms with van der Waals surface area (Å²) in [5.74, 6) is -0.145. The number of carbonyl (C=O) groups is 1. The lowest BCUT2D eigenvalue weighted by Gasteiger charge is -2.30. The fourth-order valence-corrected chi connectivity index (χ4v) is 3.02. The summed E-state index contributed by atoms with van der Waals surface area (Å²) >= 11 is 5.21. The van der Waals surface area contributed by atoms with Crippen LogP contribution in [0.2, 0.25) is 0 Å². The van der Waals surface area contributed by atoms with Crippen LogP contribution in [0.15, 0.2) is 40.6 Å². The third kappa shape index (κ3) is 7.24. The SMILES string of the molecule is CC1=C(C(=O)NCCOCCOCCN=[N+]=[N-])C(c2cccc(O)c2)NC(=S)N1. The molecule has 0 saturated carbocycles. The number of nitrogens with zero attached hydrogens (tertiary/aromatic N) is 3. The number of rotatable bonds is 11. The molecule has 1 unspecified atom stereocenters. The van der Waals surface area contributed by atoms with E-state index in [9.17, 15) is 9.90 Å². The molecule has 0 saturated heterocycles. The highest BCUT2D eigenvalue weighted by atomic mass is 32.1. The van der Waals surface area contributed by atoms with Crippen LogP contribution in [-0.4, -0.2) is 55.6 Å². The number of aromatic hydroxyl groups is 1. The van der Waals surface area contributed by atoms with Crippen molar-refractivity contribution in [3.05, 3.63) is 51.5 Å². The molecular formula is C18H24N6O4S. The molecule has 156 valence electrons. The molecule has 11 heteroatoms. The summed E-state index contributed by atoms with van der Waals surface area (Å²) in [6.07, 6.45) is 0. The second-order valence-electron chi connectivity index (χ2n) is 6.10. The lowest BCUT2D eigenvalue weighted by molar-refractivity contribution is -0.118. The molecule has 1 aliphatic rings. The van der Waals surface area contributed by atoms with Gasteiger partial charge in [0.05, 0.1) is 38.0 Å². The smallest absolute Gasteiger partial charge is 0.251 e. The van der Waals surface area contributed by atoms with Gasteiger partial charge >= 0.3 is 0 Å². The molecule has 29 heavy (non-hydrogen) atoms. The molecule has 0 aromatic heterocycles. The number of amides is 1. The molecule has 1 aliphatic heterocycles. The topological polar surface area (TPSA) is 141 Å². The predicted molar refractivity (Wildman–Crippen MR) is 111 cm³/mol. The molecule has 0 spiro atoms.